The van der Waals surface area contributed by atoms with Gasteiger partial charge in [0, 0.05) is 23.9 Å². The molecule has 3 N–H and O–H groups in total. The van der Waals surface area contributed by atoms with Crippen molar-refractivity contribution in [1.82, 2.24) is 10.3 Å². The van der Waals surface area contributed by atoms with Gasteiger partial charge in [-0.15, -0.1) is 0 Å². The summed E-state index contributed by atoms with van der Waals surface area (Å²) in [6.45, 7) is -1.13. The van der Waals surface area contributed by atoms with Gasteiger partial charge in [-0.2, -0.15) is 0 Å². The van der Waals surface area contributed by atoms with E-state index in [2.05, 4.69) is 10.3 Å². The largest absolute Gasteiger partial charge is 0.393 e. The number of hydrogen-bond donors (Lipinski definition) is 3. The maximum Gasteiger partial charge on any atom is 0.262 e. The standard InChI is InChI=1S/C18H16ClF3N2O3/c19-12-4-3-10(13(20)14(12)21)8-24-16(26)18(22)6-5-17(27,9-25)15-11(18)2-1-7-23-15/h1-4,7,25,27H,5-6,8-9H2,(H,24,26). The van der Waals surface area contributed by atoms with E-state index < -0.39 is 53.4 Å². The van der Waals surface area contributed by atoms with Crippen LogP contribution in [-0.4, -0.2) is 27.7 Å². The number of benzene rings is 1. The number of pyridine rings is 1. The Morgan fingerprint density at radius 2 is 2.00 bits per heavy atom. The van der Waals surface area contributed by atoms with E-state index in [4.69, 9.17) is 11.6 Å². The fraction of sp³-hybridized carbons (Fsp3) is 0.333. The van der Waals surface area contributed by atoms with E-state index >= 15 is 4.39 Å². The molecule has 1 aromatic carbocycles. The molecule has 3 rings (SSSR count). The number of alkyl halides is 1. The number of aromatic nitrogens is 1. The SMILES string of the molecule is O=C(NCc1ccc(Cl)c(F)c1F)C1(F)CCC(O)(CO)c2ncccc21. The van der Waals surface area contributed by atoms with Crippen molar-refractivity contribution in [2.45, 2.75) is 30.7 Å². The van der Waals surface area contributed by atoms with Gasteiger partial charge in [-0.1, -0.05) is 23.7 Å². The van der Waals surface area contributed by atoms with Gasteiger partial charge in [0.05, 0.1) is 17.3 Å². The van der Waals surface area contributed by atoms with Crippen LogP contribution in [0.25, 0.3) is 0 Å². The first-order valence-corrected chi connectivity index (χ1v) is 8.49. The minimum atomic E-state index is -2.54. The molecular weight excluding hydrogens is 385 g/mol. The van der Waals surface area contributed by atoms with Gasteiger partial charge in [0.1, 0.15) is 5.60 Å². The predicted octanol–water partition coefficient (Wildman–Crippen LogP) is 2.47. The summed E-state index contributed by atoms with van der Waals surface area (Å²) in [6, 6.07) is 5.02. The Morgan fingerprint density at radius 1 is 1.26 bits per heavy atom. The fourth-order valence-corrected chi connectivity index (χ4v) is 3.28. The van der Waals surface area contributed by atoms with Crippen LogP contribution in [0.2, 0.25) is 5.02 Å². The minimum Gasteiger partial charge on any atom is -0.393 e. The lowest BCUT2D eigenvalue weighted by molar-refractivity contribution is -0.138. The van der Waals surface area contributed by atoms with Crippen molar-refractivity contribution in [3.05, 3.63) is 63.9 Å². The number of nitrogens with zero attached hydrogens (tertiary/aromatic N) is 1. The first-order valence-electron chi connectivity index (χ1n) is 8.12. The number of rotatable bonds is 4. The van der Waals surface area contributed by atoms with Crippen LogP contribution in [-0.2, 0) is 22.6 Å². The summed E-state index contributed by atoms with van der Waals surface area (Å²) in [5.41, 5.74) is -4.78. The number of hydrogen-bond acceptors (Lipinski definition) is 4. The lowest BCUT2D eigenvalue weighted by Crippen LogP contribution is -2.49. The van der Waals surface area contributed by atoms with Gasteiger partial charge in [0.15, 0.2) is 11.6 Å². The summed E-state index contributed by atoms with van der Waals surface area (Å²) in [7, 11) is 0. The number of carbonyl (C=O) groups is 1. The first-order chi connectivity index (χ1) is 12.7. The van der Waals surface area contributed by atoms with Gasteiger partial charge in [0.2, 0.25) is 5.67 Å². The van der Waals surface area contributed by atoms with E-state index in [9.17, 15) is 23.8 Å². The quantitative estimate of drug-likeness (QED) is 0.689. The Labute approximate surface area is 157 Å². The molecule has 5 nitrogen and oxygen atoms in total. The second kappa shape index (κ2) is 7.10. The molecule has 1 heterocycles. The smallest absolute Gasteiger partial charge is 0.262 e. The molecule has 0 fully saturated rings. The third kappa shape index (κ3) is 3.28. The topological polar surface area (TPSA) is 82.5 Å². The zero-order valence-electron chi connectivity index (χ0n) is 14.0. The molecule has 2 aromatic rings. The molecule has 2 atom stereocenters. The van der Waals surface area contributed by atoms with Crippen molar-refractivity contribution in [3.63, 3.8) is 0 Å². The molecule has 1 amide bonds. The van der Waals surface area contributed by atoms with Crippen molar-refractivity contribution in [1.29, 1.82) is 0 Å². The highest BCUT2D eigenvalue weighted by Gasteiger charge is 2.51. The zero-order valence-corrected chi connectivity index (χ0v) is 14.7. The lowest BCUT2D eigenvalue weighted by Gasteiger charge is -2.38. The summed E-state index contributed by atoms with van der Waals surface area (Å²) in [5.74, 6) is -3.55. The van der Waals surface area contributed by atoms with Crippen LogP contribution >= 0.6 is 11.6 Å². The molecule has 0 radical (unpaired) electrons. The average molecular weight is 401 g/mol. The fourth-order valence-electron chi connectivity index (χ4n) is 3.14. The minimum absolute atomic E-state index is 0.125. The summed E-state index contributed by atoms with van der Waals surface area (Å²) in [5, 5.41) is 21.7. The molecular formula is C18H16ClF3N2O3. The maximum atomic E-state index is 15.6. The molecule has 0 saturated heterocycles. The predicted molar refractivity (Wildman–Crippen MR) is 90.5 cm³/mol. The van der Waals surface area contributed by atoms with Crippen LogP contribution in [0.1, 0.15) is 29.7 Å². The average Bonchev–Trinajstić information content (AvgIpc) is 2.68. The van der Waals surface area contributed by atoms with E-state index in [0.29, 0.717) is 0 Å². The highest BCUT2D eigenvalue weighted by atomic mass is 35.5. The highest BCUT2D eigenvalue weighted by molar-refractivity contribution is 6.30. The van der Waals surface area contributed by atoms with E-state index in [1.54, 1.807) is 0 Å². The van der Waals surface area contributed by atoms with Gasteiger partial charge >= 0.3 is 0 Å². The Morgan fingerprint density at radius 3 is 2.70 bits per heavy atom. The number of aliphatic hydroxyl groups is 2. The molecule has 0 spiro atoms. The Kier molecular flexibility index (Phi) is 5.16. The van der Waals surface area contributed by atoms with Crippen LogP contribution in [0, 0.1) is 11.6 Å². The molecule has 1 aliphatic carbocycles. The monoisotopic (exact) mass is 400 g/mol. The van der Waals surface area contributed by atoms with E-state index in [1.807, 2.05) is 0 Å². The lowest BCUT2D eigenvalue weighted by atomic mass is 9.74. The number of carbonyl (C=O) groups excluding carboxylic acids is 1. The number of nitrogens with one attached hydrogen (secondary N) is 1. The van der Waals surface area contributed by atoms with E-state index in [-0.39, 0.29) is 23.2 Å². The van der Waals surface area contributed by atoms with Gasteiger partial charge in [-0.25, -0.2) is 13.2 Å². The molecule has 0 saturated carbocycles. The van der Waals surface area contributed by atoms with E-state index in [1.165, 1.54) is 24.4 Å². The van der Waals surface area contributed by atoms with Gasteiger partial charge in [-0.05, 0) is 25.0 Å². The molecule has 0 aliphatic heterocycles. The second-order valence-electron chi connectivity index (χ2n) is 6.41. The van der Waals surface area contributed by atoms with Gasteiger partial charge in [-0.3, -0.25) is 9.78 Å². The van der Waals surface area contributed by atoms with Crippen molar-refractivity contribution >= 4 is 17.5 Å². The van der Waals surface area contributed by atoms with Crippen LogP contribution in [0.4, 0.5) is 13.2 Å². The number of aliphatic hydroxyl groups excluding tert-OH is 1. The summed E-state index contributed by atoms with van der Waals surface area (Å²) in [6.07, 6.45) is 0.669. The molecule has 144 valence electrons. The Balaban J connectivity index is 1.87. The molecule has 1 aliphatic rings. The van der Waals surface area contributed by atoms with Crippen LogP contribution in [0.5, 0.6) is 0 Å². The third-order valence-corrected chi connectivity index (χ3v) is 5.03. The van der Waals surface area contributed by atoms with Crippen LogP contribution in [0.15, 0.2) is 30.5 Å². The molecule has 0 bridgehead atoms. The van der Waals surface area contributed by atoms with Crippen molar-refractivity contribution in [2.24, 2.45) is 0 Å². The van der Waals surface area contributed by atoms with Crippen molar-refractivity contribution in [3.8, 4) is 0 Å². The molecule has 27 heavy (non-hydrogen) atoms. The van der Waals surface area contributed by atoms with Crippen LogP contribution < -0.4 is 5.32 Å². The number of fused-ring (bicyclic) bond motifs is 1. The Hall–Kier alpha value is -2.16. The van der Waals surface area contributed by atoms with Crippen LogP contribution in [0.3, 0.4) is 0 Å². The zero-order chi connectivity index (χ0) is 19.8. The van der Waals surface area contributed by atoms with Crippen molar-refractivity contribution < 1.29 is 28.2 Å². The van der Waals surface area contributed by atoms with Gasteiger partial charge < -0.3 is 15.5 Å². The van der Waals surface area contributed by atoms with E-state index in [0.717, 1.165) is 6.07 Å². The summed E-state index contributed by atoms with van der Waals surface area (Å²) >= 11 is 5.48. The van der Waals surface area contributed by atoms with Crippen molar-refractivity contribution in [2.75, 3.05) is 6.61 Å². The Bertz CT molecular complexity index is 898. The molecule has 1 aromatic heterocycles. The normalized spacial score (nSPS) is 24.4. The number of halogens is 4. The second-order valence-corrected chi connectivity index (χ2v) is 6.81. The van der Waals surface area contributed by atoms with Gasteiger partial charge in [0.25, 0.3) is 5.91 Å². The highest BCUT2D eigenvalue weighted by Crippen LogP contribution is 2.45. The molecule has 2 unspecified atom stereocenters. The maximum absolute atomic E-state index is 15.6. The first kappa shape index (κ1) is 19.6. The summed E-state index contributed by atoms with van der Waals surface area (Å²) < 4.78 is 42.9. The number of amides is 1. The third-order valence-electron chi connectivity index (χ3n) is 4.73. The summed E-state index contributed by atoms with van der Waals surface area (Å²) in [4.78, 5) is 16.4. The molecule has 9 heteroatoms.